The Balaban J connectivity index is 1.93. The van der Waals surface area contributed by atoms with Crippen LogP contribution in [0.1, 0.15) is 20.9 Å². The summed E-state index contributed by atoms with van der Waals surface area (Å²) in [5.41, 5.74) is -0.662. The van der Waals surface area contributed by atoms with Crippen molar-refractivity contribution in [1.29, 1.82) is 0 Å². The van der Waals surface area contributed by atoms with Gasteiger partial charge in [-0.3, -0.25) is 4.79 Å². The largest absolute Gasteiger partial charge is 0.497 e. The Morgan fingerprint density at radius 1 is 1.13 bits per heavy atom. The predicted octanol–water partition coefficient (Wildman–Crippen LogP) is 4.92. The highest BCUT2D eigenvalue weighted by Gasteiger charge is 2.40. The van der Waals surface area contributed by atoms with Gasteiger partial charge in [0, 0.05) is 6.54 Å². The quantitative estimate of drug-likeness (QED) is 0.553. The highest BCUT2D eigenvalue weighted by atomic mass is 32.1. The van der Waals surface area contributed by atoms with Gasteiger partial charge in [-0.25, -0.2) is 9.37 Å². The zero-order valence-corrected chi connectivity index (χ0v) is 16.7. The highest BCUT2D eigenvalue weighted by molar-refractivity contribution is 7.17. The number of alkyl halides is 3. The van der Waals surface area contributed by atoms with Crippen molar-refractivity contribution in [2.45, 2.75) is 12.7 Å². The molecule has 1 heterocycles. The summed E-state index contributed by atoms with van der Waals surface area (Å²) in [4.78, 5) is 15.5. The fourth-order valence-electron chi connectivity index (χ4n) is 2.67. The van der Waals surface area contributed by atoms with Crippen LogP contribution in [0.15, 0.2) is 42.5 Å². The average Bonchev–Trinajstić information content (AvgIpc) is 3.18. The maximum Gasteiger partial charge on any atom is 0.435 e. The van der Waals surface area contributed by atoms with Gasteiger partial charge in [0.1, 0.15) is 27.2 Å². The summed E-state index contributed by atoms with van der Waals surface area (Å²) < 4.78 is 64.3. The van der Waals surface area contributed by atoms with Gasteiger partial charge in [-0.1, -0.05) is 12.1 Å². The molecule has 0 saturated heterocycles. The Labute approximate surface area is 173 Å². The Morgan fingerprint density at radius 3 is 2.57 bits per heavy atom. The number of thiazole rings is 1. The number of aromatic nitrogens is 1. The molecule has 158 valence electrons. The molecule has 0 fully saturated rings. The van der Waals surface area contributed by atoms with Gasteiger partial charge in [0.15, 0.2) is 5.69 Å². The summed E-state index contributed by atoms with van der Waals surface area (Å²) in [7, 11) is 2.78. The minimum absolute atomic E-state index is 0.0101. The van der Waals surface area contributed by atoms with Crippen LogP contribution in [0.4, 0.5) is 17.6 Å². The molecule has 0 aliphatic rings. The summed E-state index contributed by atoms with van der Waals surface area (Å²) >= 11 is 0.514. The van der Waals surface area contributed by atoms with E-state index in [0.717, 1.165) is 12.1 Å². The van der Waals surface area contributed by atoms with E-state index in [9.17, 15) is 22.4 Å². The van der Waals surface area contributed by atoms with Crippen LogP contribution in [0, 0.1) is 5.82 Å². The topological polar surface area (TPSA) is 60.5 Å². The maximum absolute atomic E-state index is 13.6. The van der Waals surface area contributed by atoms with Gasteiger partial charge in [-0.15, -0.1) is 11.3 Å². The van der Waals surface area contributed by atoms with E-state index in [2.05, 4.69) is 10.3 Å². The number of carbonyl (C=O) groups is 1. The minimum atomic E-state index is -4.86. The first-order valence-electron chi connectivity index (χ1n) is 8.56. The van der Waals surface area contributed by atoms with Crippen LogP contribution in [-0.4, -0.2) is 25.1 Å². The van der Waals surface area contributed by atoms with Crippen LogP contribution in [0.25, 0.3) is 10.6 Å². The fraction of sp³-hybridized carbons (Fsp3) is 0.200. The number of amides is 1. The molecule has 3 aromatic rings. The van der Waals surface area contributed by atoms with Gasteiger partial charge in [-0.05, 0) is 35.9 Å². The van der Waals surface area contributed by atoms with E-state index in [-0.39, 0.29) is 22.9 Å². The van der Waals surface area contributed by atoms with Gasteiger partial charge in [0.25, 0.3) is 5.91 Å². The number of nitrogens with zero attached hydrogens (tertiary/aromatic N) is 1. The van der Waals surface area contributed by atoms with Crippen molar-refractivity contribution >= 4 is 17.2 Å². The average molecular weight is 440 g/mol. The Morgan fingerprint density at radius 2 is 1.90 bits per heavy atom. The Kier molecular flexibility index (Phi) is 6.25. The van der Waals surface area contributed by atoms with Gasteiger partial charge >= 0.3 is 6.18 Å². The molecule has 2 aromatic carbocycles. The highest BCUT2D eigenvalue weighted by Crippen LogP contribution is 2.40. The number of ether oxygens (including phenoxy) is 2. The zero-order valence-electron chi connectivity index (χ0n) is 15.8. The smallest absolute Gasteiger partial charge is 0.435 e. The molecule has 0 bridgehead atoms. The van der Waals surface area contributed by atoms with E-state index in [1.54, 1.807) is 24.3 Å². The summed E-state index contributed by atoms with van der Waals surface area (Å²) in [6, 6.07) is 10.2. The molecule has 0 saturated carbocycles. The molecule has 5 nitrogen and oxygen atoms in total. The lowest BCUT2D eigenvalue weighted by Crippen LogP contribution is -2.24. The van der Waals surface area contributed by atoms with E-state index in [1.165, 1.54) is 20.3 Å². The van der Waals surface area contributed by atoms with Gasteiger partial charge in [0.05, 0.1) is 19.8 Å². The van der Waals surface area contributed by atoms with Gasteiger partial charge in [-0.2, -0.15) is 13.2 Å². The first kappa shape index (κ1) is 21.6. The van der Waals surface area contributed by atoms with Crippen LogP contribution in [0.2, 0.25) is 0 Å². The molecule has 0 spiro atoms. The Bertz CT molecular complexity index is 1070. The molecular weight excluding hydrogens is 424 g/mol. The van der Waals surface area contributed by atoms with Crippen molar-refractivity contribution in [3.8, 4) is 22.1 Å². The summed E-state index contributed by atoms with van der Waals surface area (Å²) in [5.74, 6) is -0.916. The zero-order chi connectivity index (χ0) is 21.9. The second-order valence-electron chi connectivity index (χ2n) is 6.07. The van der Waals surface area contributed by atoms with Gasteiger partial charge < -0.3 is 14.8 Å². The lowest BCUT2D eigenvalue weighted by molar-refractivity contribution is -0.141. The van der Waals surface area contributed by atoms with E-state index >= 15 is 0 Å². The van der Waals surface area contributed by atoms with Crippen LogP contribution in [0.5, 0.6) is 11.5 Å². The van der Waals surface area contributed by atoms with Crippen LogP contribution >= 0.6 is 11.3 Å². The normalized spacial score (nSPS) is 11.3. The number of hydrogen-bond donors (Lipinski definition) is 1. The Hall–Kier alpha value is -3.14. The monoisotopic (exact) mass is 440 g/mol. The molecule has 1 aromatic heterocycles. The van der Waals surface area contributed by atoms with Crippen molar-refractivity contribution in [1.82, 2.24) is 10.3 Å². The van der Waals surface area contributed by atoms with Crippen molar-refractivity contribution in [3.05, 3.63) is 64.4 Å². The number of nitrogens with one attached hydrogen (secondary N) is 1. The predicted molar refractivity (Wildman–Crippen MR) is 103 cm³/mol. The third-order valence-electron chi connectivity index (χ3n) is 4.08. The lowest BCUT2D eigenvalue weighted by atomic mass is 10.2. The standard InChI is InChI=1S/C20H16F4N2O3S/c1-28-13-5-3-4-11(8-13)10-25-18(27)16-17(20(22,23)24)26-19(30-16)14-9-12(21)6-7-15(14)29-2/h3-9H,10H2,1-2H3,(H,25,27). The van der Waals surface area contributed by atoms with Crippen LogP contribution < -0.4 is 14.8 Å². The molecule has 3 rings (SSSR count). The number of benzene rings is 2. The number of methoxy groups -OCH3 is 2. The van der Waals surface area contributed by atoms with Crippen molar-refractivity contribution in [2.75, 3.05) is 14.2 Å². The molecule has 1 N–H and O–H groups in total. The molecular formula is C20H16F4N2O3S. The van der Waals surface area contributed by atoms with E-state index in [4.69, 9.17) is 9.47 Å². The van der Waals surface area contributed by atoms with Crippen molar-refractivity contribution < 1.29 is 31.8 Å². The molecule has 0 aliphatic carbocycles. The number of halogens is 4. The molecule has 1 amide bonds. The summed E-state index contributed by atoms with van der Waals surface area (Å²) in [6.07, 6.45) is -4.86. The summed E-state index contributed by atoms with van der Waals surface area (Å²) in [5, 5.41) is 2.28. The van der Waals surface area contributed by atoms with Crippen LogP contribution in [-0.2, 0) is 12.7 Å². The SMILES string of the molecule is COc1cccc(CNC(=O)c2sc(-c3cc(F)ccc3OC)nc2C(F)(F)F)c1. The lowest BCUT2D eigenvalue weighted by Gasteiger charge is -2.08. The molecule has 10 heteroatoms. The molecule has 30 heavy (non-hydrogen) atoms. The van der Waals surface area contributed by atoms with E-state index in [0.29, 0.717) is 22.6 Å². The first-order valence-corrected chi connectivity index (χ1v) is 9.37. The van der Waals surface area contributed by atoms with Gasteiger partial charge in [0.2, 0.25) is 0 Å². The molecule has 0 unspecified atom stereocenters. The second-order valence-corrected chi connectivity index (χ2v) is 7.07. The maximum atomic E-state index is 13.6. The third-order valence-corrected chi connectivity index (χ3v) is 5.17. The first-order chi connectivity index (χ1) is 14.2. The fourth-order valence-corrected chi connectivity index (χ4v) is 3.70. The van der Waals surface area contributed by atoms with E-state index < -0.39 is 28.5 Å². The molecule has 0 aliphatic heterocycles. The second kappa shape index (κ2) is 8.70. The molecule has 0 radical (unpaired) electrons. The van der Waals surface area contributed by atoms with Crippen LogP contribution in [0.3, 0.4) is 0 Å². The molecule has 0 atom stereocenters. The third kappa shape index (κ3) is 4.70. The van der Waals surface area contributed by atoms with E-state index in [1.807, 2.05) is 0 Å². The minimum Gasteiger partial charge on any atom is -0.497 e. The van der Waals surface area contributed by atoms with Crippen molar-refractivity contribution in [3.63, 3.8) is 0 Å². The number of carbonyl (C=O) groups excluding carboxylic acids is 1. The summed E-state index contributed by atoms with van der Waals surface area (Å²) in [6.45, 7) is -0.0101. The van der Waals surface area contributed by atoms with Crippen molar-refractivity contribution in [2.24, 2.45) is 0 Å². The number of rotatable bonds is 6. The number of hydrogen-bond acceptors (Lipinski definition) is 5.